The molecule has 3 amide bonds. The summed E-state index contributed by atoms with van der Waals surface area (Å²) in [5.74, 6) is -17.0. The molecule has 1 N–H and O–H groups in total. The van der Waals surface area contributed by atoms with Crippen molar-refractivity contribution in [1.82, 2.24) is 20.0 Å². The van der Waals surface area contributed by atoms with Gasteiger partial charge in [-0.05, 0) is 59.0 Å². The van der Waals surface area contributed by atoms with Crippen LogP contribution in [0, 0.1) is 40.9 Å². The zero-order valence-electron chi connectivity index (χ0n) is 32.6. The maximum atomic E-state index is 14.2. The summed E-state index contributed by atoms with van der Waals surface area (Å²) in [7, 11) is 6.16. The molecular formula is C37H57F5N4O7. The number of methoxy groups -OCH3 is 2. The summed E-state index contributed by atoms with van der Waals surface area (Å²) in [6.45, 7) is 12.1. The number of benzene rings is 1. The fourth-order valence-corrected chi connectivity index (χ4v) is 7.03. The molecule has 3 rings (SSSR count). The van der Waals surface area contributed by atoms with E-state index in [-0.39, 0.29) is 43.1 Å². The highest BCUT2D eigenvalue weighted by Gasteiger charge is 2.44. The number of hydrogen-bond donors (Lipinski definition) is 1. The summed E-state index contributed by atoms with van der Waals surface area (Å²) < 4.78 is 85.3. The van der Waals surface area contributed by atoms with Gasteiger partial charge in [0.15, 0.2) is 0 Å². The monoisotopic (exact) mass is 764 g/mol. The number of carbonyl (C=O) groups is 4. The Kier molecular flexibility index (Phi) is 17.6. The van der Waals surface area contributed by atoms with Crippen molar-refractivity contribution in [1.29, 1.82) is 0 Å². The Morgan fingerprint density at radius 2 is 1.49 bits per heavy atom. The highest BCUT2D eigenvalue weighted by Crippen LogP contribution is 2.33. The molecule has 0 radical (unpaired) electrons. The van der Waals surface area contributed by atoms with Crippen molar-refractivity contribution in [2.75, 3.05) is 47.9 Å². The lowest BCUT2D eigenvalue weighted by atomic mass is 9.90. The normalized spacial score (nSPS) is 21.6. The molecule has 2 saturated heterocycles. The highest BCUT2D eigenvalue weighted by molar-refractivity contribution is 5.90. The Morgan fingerprint density at radius 3 is 1.98 bits per heavy atom. The molecule has 1 aromatic carbocycles. The van der Waals surface area contributed by atoms with Gasteiger partial charge in [0.2, 0.25) is 52.6 Å². The molecule has 53 heavy (non-hydrogen) atoms. The topological polar surface area (TPSA) is 118 Å². The van der Waals surface area contributed by atoms with Crippen LogP contribution in [0.3, 0.4) is 0 Å². The molecule has 2 heterocycles. The Bertz CT molecular complexity index is 1410. The molecular weight excluding hydrogens is 707 g/mol. The standard InChI is InChI=1S/C34H49F5N4O7.C3H8/c1-9-18(2)29(42(6)23(45)17-40-33(47)34(4)13-11-14-41(34)5)21(48-7)16-22(44)43-15-10-12-20(43)30(49-8)19(3)32(46)50-31-27(38)25(36)24(35)26(37)28(31)39;1-3-2/h18-21,29-30H,9-17H2,1-8H3,(H,40,47);3H2,1-2H3. The summed E-state index contributed by atoms with van der Waals surface area (Å²) >= 11 is 0. The summed E-state index contributed by atoms with van der Waals surface area (Å²) in [5, 5.41) is 2.77. The van der Waals surface area contributed by atoms with Gasteiger partial charge in [-0.1, -0.05) is 40.5 Å². The molecule has 0 aliphatic carbocycles. The van der Waals surface area contributed by atoms with E-state index in [0.29, 0.717) is 25.7 Å². The van der Waals surface area contributed by atoms with Crippen LogP contribution in [0.25, 0.3) is 0 Å². The number of likely N-dealkylation sites (N-methyl/N-ethyl adjacent to an activating group) is 2. The molecule has 7 unspecified atom stereocenters. The Labute approximate surface area is 309 Å². The van der Waals surface area contributed by atoms with Crippen LogP contribution in [0.2, 0.25) is 0 Å². The third-order valence-electron chi connectivity index (χ3n) is 10.5. The predicted octanol–water partition coefficient (Wildman–Crippen LogP) is 5.22. The van der Waals surface area contributed by atoms with Gasteiger partial charge >= 0.3 is 5.97 Å². The number of nitrogens with zero attached hydrogens (tertiary/aromatic N) is 3. The van der Waals surface area contributed by atoms with Gasteiger partial charge in [0.25, 0.3) is 0 Å². The van der Waals surface area contributed by atoms with Crippen molar-refractivity contribution in [3.05, 3.63) is 29.1 Å². The predicted molar refractivity (Wildman–Crippen MR) is 187 cm³/mol. The van der Waals surface area contributed by atoms with Gasteiger partial charge in [-0.3, -0.25) is 24.1 Å². The number of rotatable bonds is 15. The van der Waals surface area contributed by atoms with Gasteiger partial charge in [-0.15, -0.1) is 0 Å². The number of likely N-dealkylation sites (tertiary alicyclic amines) is 2. The number of esters is 1. The summed E-state index contributed by atoms with van der Waals surface area (Å²) in [6.07, 6.45) is 2.35. The van der Waals surface area contributed by atoms with Gasteiger partial charge in [0.05, 0.1) is 48.7 Å². The zero-order chi connectivity index (χ0) is 40.4. The third kappa shape index (κ3) is 10.4. The summed E-state index contributed by atoms with van der Waals surface area (Å²) in [6, 6.07) is -1.27. The van der Waals surface area contributed by atoms with E-state index in [4.69, 9.17) is 9.47 Å². The van der Waals surface area contributed by atoms with E-state index in [0.717, 1.165) is 13.0 Å². The lowest BCUT2D eigenvalue weighted by molar-refractivity contribution is -0.150. The first-order valence-electron chi connectivity index (χ1n) is 18.2. The summed E-state index contributed by atoms with van der Waals surface area (Å²) in [5.41, 5.74) is -0.708. The van der Waals surface area contributed by atoms with Crippen LogP contribution < -0.4 is 10.1 Å². The molecule has 0 saturated carbocycles. The first-order chi connectivity index (χ1) is 24.9. The van der Waals surface area contributed by atoms with Crippen molar-refractivity contribution in [2.24, 2.45) is 11.8 Å². The van der Waals surface area contributed by atoms with E-state index in [1.807, 2.05) is 32.7 Å². The van der Waals surface area contributed by atoms with Crippen molar-refractivity contribution in [3.8, 4) is 5.75 Å². The van der Waals surface area contributed by atoms with Crippen LogP contribution in [0.15, 0.2) is 0 Å². The first kappa shape index (κ1) is 45.8. The van der Waals surface area contributed by atoms with Gasteiger partial charge in [0, 0.05) is 27.8 Å². The Hall–Kier alpha value is -3.37. The lowest BCUT2D eigenvalue weighted by Crippen LogP contribution is -2.56. The Balaban J connectivity index is 0.00000313. The average Bonchev–Trinajstić information content (AvgIpc) is 3.76. The van der Waals surface area contributed by atoms with Gasteiger partial charge in [0.1, 0.15) is 0 Å². The van der Waals surface area contributed by atoms with Gasteiger partial charge in [-0.2, -0.15) is 8.78 Å². The largest absolute Gasteiger partial charge is 0.420 e. The molecule has 302 valence electrons. The van der Waals surface area contributed by atoms with Crippen molar-refractivity contribution >= 4 is 23.7 Å². The number of halogens is 5. The SMILES string of the molecule is CCC.CCC(C)C(C(CC(=O)N1CCCC1C(OC)C(C)C(=O)Oc1c(F)c(F)c(F)c(F)c1F)OC)N(C)C(=O)CNC(=O)C1(C)CCCN1C. The molecule has 7 atom stereocenters. The summed E-state index contributed by atoms with van der Waals surface area (Å²) in [4.78, 5) is 58.2. The lowest BCUT2D eigenvalue weighted by Gasteiger charge is -2.39. The second kappa shape index (κ2) is 20.3. The second-order valence-electron chi connectivity index (χ2n) is 14.2. The minimum absolute atomic E-state index is 0.117. The molecule has 16 heteroatoms. The third-order valence-corrected chi connectivity index (χ3v) is 10.5. The average molecular weight is 765 g/mol. The van der Waals surface area contributed by atoms with Crippen LogP contribution >= 0.6 is 0 Å². The molecule has 0 bridgehead atoms. The number of ether oxygens (including phenoxy) is 3. The molecule has 1 aromatic rings. The highest BCUT2D eigenvalue weighted by atomic mass is 19.2. The maximum Gasteiger partial charge on any atom is 0.316 e. The fourth-order valence-electron chi connectivity index (χ4n) is 7.03. The molecule has 2 aliphatic rings. The second-order valence-corrected chi connectivity index (χ2v) is 14.2. The molecule has 2 fully saturated rings. The van der Waals surface area contributed by atoms with E-state index >= 15 is 0 Å². The van der Waals surface area contributed by atoms with Crippen LogP contribution in [0.4, 0.5) is 22.0 Å². The van der Waals surface area contributed by atoms with Crippen LogP contribution in [0.1, 0.15) is 86.5 Å². The molecule has 0 spiro atoms. The minimum Gasteiger partial charge on any atom is -0.420 e. The smallest absolute Gasteiger partial charge is 0.316 e. The van der Waals surface area contributed by atoms with E-state index in [1.165, 1.54) is 37.4 Å². The van der Waals surface area contributed by atoms with E-state index < -0.39 is 76.6 Å². The molecule has 0 aromatic heterocycles. The van der Waals surface area contributed by atoms with Gasteiger partial charge < -0.3 is 29.3 Å². The Morgan fingerprint density at radius 1 is 0.925 bits per heavy atom. The first-order valence-corrected chi connectivity index (χ1v) is 18.2. The van der Waals surface area contributed by atoms with Crippen molar-refractivity contribution in [3.63, 3.8) is 0 Å². The van der Waals surface area contributed by atoms with Crippen molar-refractivity contribution < 1.29 is 55.3 Å². The van der Waals surface area contributed by atoms with E-state index in [2.05, 4.69) is 23.9 Å². The number of amides is 3. The fraction of sp³-hybridized carbons (Fsp3) is 0.730. The van der Waals surface area contributed by atoms with E-state index in [1.54, 1.807) is 7.05 Å². The number of carbonyl (C=O) groups excluding carboxylic acids is 4. The minimum atomic E-state index is -2.39. The molecule has 11 nitrogen and oxygen atoms in total. The number of nitrogens with one attached hydrogen (secondary N) is 1. The molecule has 2 aliphatic heterocycles. The number of hydrogen-bond acceptors (Lipinski definition) is 8. The maximum absolute atomic E-state index is 14.2. The zero-order valence-corrected chi connectivity index (χ0v) is 32.6. The quantitative estimate of drug-likeness (QED) is 0.0850. The van der Waals surface area contributed by atoms with Crippen molar-refractivity contribution in [2.45, 2.75) is 116 Å². The van der Waals surface area contributed by atoms with Crippen LogP contribution in [-0.2, 0) is 28.7 Å². The van der Waals surface area contributed by atoms with E-state index in [9.17, 15) is 41.1 Å². The van der Waals surface area contributed by atoms with Gasteiger partial charge in [-0.25, -0.2) is 13.2 Å². The van der Waals surface area contributed by atoms with Crippen LogP contribution in [0.5, 0.6) is 5.75 Å². The van der Waals surface area contributed by atoms with Crippen LogP contribution in [-0.4, -0.2) is 116 Å².